The first-order valence-electron chi connectivity index (χ1n) is 9.08. The molecular weight excluding hydrogens is 390 g/mol. The molecule has 29 heavy (non-hydrogen) atoms. The fourth-order valence-corrected chi connectivity index (χ4v) is 3.62. The number of aromatic nitrogens is 3. The third-order valence-corrected chi connectivity index (χ3v) is 5.36. The molecule has 0 fully saturated rings. The van der Waals surface area contributed by atoms with Gasteiger partial charge in [-0.1, -0.05) is 42.1 Å². The third kappa shape index (κ3) is 5.05. The van der Waals surface area contributed by atoms with Gasteiger partial charge in [0, 0.05) is 14.1 Å². The largest absolute Gasteiger partial charge is 0.469 e. The van der Waals surface area contributed by atoms with E-state index in [1.807, 2.05) is 47.9 Å². The number of thioether (sulfide) groups is 1. The van der Waals surface area contributed by atoms with E-state index >= 15 is 0 Å². The predicted octanol–water partition coefficient (Wildman–Crippen LogP) is 2.19. The molecule has 0 saturated carbocycles. The van der Waals surface area contributed by atoms with Gasteiger partial charge >= 0.3 is 0 Å². The Morgan fingerprint density at radius 2 is 1.97 bits per heavy atom. The van der Waals surface area contributed by atoms with Gasteiger partial charge in [0.1, 0.15) is 5.76 Å². The van der Waals surface area contributed by atoms with Crippen molar-refractivity contribution < 1.29 is 14.0 Å². The molecule has 2 aromatic heterocycles. The second kappa shape index (κ2) is 9.42. The first-order valence-corrected chi connectivity index (χ1v) is 10.1. The second-order valence-corrected chi connectivity index (χ2v) is 7.42. The van der Waals surface area contributed by atoms with Crippen molar-refractivity contribution in [2.24, 2.45) is 0 Å². The Kier molecular flexibility index (Phi) is 6.71. The highest BCUT2D eigenvalue weighted by Gasteiger charge is 2.20. The van der Waals surface area contributed by atoms with Crippen LogP contribution in [0.4, 0.5) is 0 Å². The SMILES string of the molecule is CNC(=O)CN(C)C(=O)CSc1nnc(-c2ccoc2C)n1Cc1ccccc1. The lowest BCUT2D eigenvalue weighted by atomic mass is 10.2. The van der Waals surface area contributed by atoms with Gasteiger partial charge in [-0.2, -0.15) is 0 Å². The Labute approximate surface area is 173 Å². The molecular formula is C20H23N5O3S. The smallest absolute Gasteiger partial charge is 0.239 e. The first-order chi connectivity index (χ1) is 14.0. The number of benzene rings is 1. The van der Waals surface area contributed by atoms with Gasteiger partial charge in [-0.15, -0.1) is 10.2 Å². The number of nitrogens with zero attached hydrogens (tertiary/aromatic N) is 4. The van der Waals surface area contributed by atoms with Crippen molar-refractivity contribution in [3.8, 4) is 11.4 Å². The number of hydrogen-bond acceptors (Lipinski definition) is 6. The van der Waals surface area contributed by atoms with Gasteiger partial charge in [0.2, 0.25) is 11.8 Å². The molecule has 3 rings (SSSR count). The Hall–Kier alpha value is -3.07. The quantitative estimate of drug-likeness (QED) is 0.569. The fourth-order valence-electron chi connectivity index (χ4n) is 2.74. The van der Waals surface area contributed by atoms with Crippen LogP contribution >= 0.6 is 11.8 Å². The summed E-state index contributed by atoms with van der Waals surface area (Å²) in [5.41, 5.74) is 1.96. The molecule has 0 saturated heterocycles. The highest BCUT2D eigenvalue weighted by Crippen LogP contribution is 2.28. The average molecular weight is 414 g/mol. The van der Waals surface area contributed by atoms with Gasteiger partial charge in [0.05, 0.1) is 30.7 Å². The maximum atomic E-state index is 12.4. The summed E-state index contributed by atoms with van der Waals surface area (Å²) >= 11 is 1.30. The van der Waals surface area contributed by atoms with E-state index in [1.54, 1.807) is 20.4 Å². The summed E-state index contributed by atoms with van der Waals surface area (Å²) in [5.74, 6) is 1.23. The molecule has 0 spiro atoms. The molecule has 0 unspecified atom stereocenters. The number of furan rings is 1. The maximum absolute atomic E-state index is 12.4. The minimum atomic E-state index is -0.212. The average Bonchev–Trinajstić information content (AvgIpc) is 3.32. The Morgan fingerprint density at radius 1 is 1.21 bits per heavy atom. The molecule has 1 aromatic carbocycles. The zero-order chi connectivity index (χ0) is 20.8. The number of hydrogen-bond donors (Lipinski definition) is 1. The molecule has 0 aliphatic heterocycles. The molecule has 0 aliphatic carbocycles. The number of carbonyl (C=O) groups excluding carboxylic acids is 2. The zero-order valence-corrected chi connectivity index (χ0v) is 17.4. The number of carbonyl (C=O) groups is 2. The number of aryl methyl sites for hydroxylation is 1. The number of amides is 2. The monoisotopic (exact) mass is 413 g/mol. The van der Waals surface area contributed by atoms with E-state index in [-0.39, 0.29) is 24.1 Å². The van der Waals surface area contributed by atoms with Crippen LogP contribution in [-0.4, -0.2) is 57.9 Å². The van der Waals surface area contributed by atoms with Crippen LogP contribution in [0.5, 0.6) is 0 Å². The lowest BCUT2D eigenvalue weighted by molar-refractivity contribution is -0.132. The second-order valence-electron chi connectivity index (χ2n) is 6.48. The van der Waals surface area contributed by atoms with Crippen molar-refractivity contribution in [1.29, 1.82) is 0 Å². The molecule has 8 nitrogen and oxygen atoms in total. The molecule has 2 amide bonds. The molecule has 152 valence electrons. The van der Waals surface area contributed by atoms with Gasteiger partial charge < -0.3 is 14.6 Å². The van der Waals surface area contributed by atoms with Gasteiger partial charge in [-0.3, -0.25) is 14.2 Å². The summed E-state index contributed by atoms with van der Waals surface area (Å²) in [5, 5.41) is 11.8. The van der Waals surface area contributed by atoms with Crippen LogP contribution in [0.1, 0.15) is 11.3 Å². The van der Waals surface area contributed by atoms with Crippen LogP contribution in [0, 0.1) is 6.92 Å². The summed E-state index contributed by atoms with van der Waals surface area (Å²) in [7, 11) is 3.15. The predicted molar refractivity (Wildman–Crippen MR) is 110 cm³/mol. The van der Waals surface area contributed by atoms with E-state index in [2.05, 4.69) is 15.5 Å². The van der Waals surface area contributed by atoms with Crippen LogP contribution in [-0.2, 0) is 16.1 Å². The van der Waals surface area contributed by atoms with Crippen LogP contribution in [0.2, 0.25) is 0 Å². The first kappa shape index (κ1) is 20.7. The van der Waals surface area contributed by atoms with E-state index in [0.717, 1.165) is 16.9 Å². The van der Waals surface area contributed by atoms with E-state index in [9.17, 15) is 9.59 Å². The minimum absolute atomic E-state index is 0.0199. The fraction of sp³-hybridized carbons (Fsp3) is 0.300. The van der Waals surface area contributed by atoms with Gasteiger partial charge in [0.15, 0.2) is 11.0 Å². The van der Waals surface area contributed by atoms with E-state index in [0.29, 0.717) is 17.5 Å². The zero-order valence-electron chi connectivity index (χ0n) is 16.6. The molecule has 3 aromatic rings. The Morgan fingerprint density at radius 3 is 2.62 bits per heavy atom. The van der Waals surface area contributed by atoms with E-state index in [1.165, 1.54) is 16.7 Å². The highest BCUT2D eigenvalue weighted by atomic mass is 32.2. The van der Waals surface area contributed by atoms with Crippen LogP contribution < -0.4 is 5.32 Å². The van der Waals surface area contributed by atoms with Gasteiger partial charge in [-0.25, -0.2) is 0 Å². The lowest BCUT2D eigenvalue weighted by Gasteiger charge is -2.16. The van der Waals surface area contributed by atoms with Crippen molar-refractivity contribution in [3.05, 3.63) is 54.0 Å². The molecule has 9 heteroatoms. The minimum Gasteiger partial charge on any atom is -0.469 e. The van der Waals surface area contributed by atoms with Crippen molar-refractivity contribution in [2.75, 3.05) is 26.4 Å². The normalized spacial score (nSPS) is 10.7. The summed E-state index contributed by atoms with van der Waals surface area (Å²) < 4.78 is 7.40. The maximum Gasteiger partial charge on any atom is 0.239 e. The topological polar surface area (TPSA) is 93.3 Å². The van der Waals surface area contributed by atoms with Crippen LogP contribution in [0.15, 0.2) is 52.2 Å². The summed E-state index contributed by atoms with van der Waals surface area (Å²) in [6.45, 7) is 2.46. The molecule has 0 aliphatic rings. The van der Waals surface area contributed by atoms with Crippen LogP contribution in [0.25, 0.3) is 11.4 Å². The van der Waals surface area contributed by atoms with Crippen molar-refractivity contribution >= 4 is 23.6 Å². The van der Waals surface area contributed by atoms with E-state index < -0.39 is 0 Å². The highest BCUT2D eigenvalue weighted by molar-refractivity contribution is 7.99. The molecule has 1 N–H and O–H groups in total. The standard InChI is InChI=1S/C20H23N5O3S/c1-14-16(9-10-28-14)19-22-23-20(25(19)11-15-7-5-4-6-8-15)29-13-18(27)24(3)12-17(26)21-2/h4-10H,11-13H2,1-3H3,(H,21,26). The molecule has 2 heterocycles. The van der Waals surface area contributed by atoms with Crippen molar-refractivity contribution in [1.82, 2.24) is 25.0 Å². The lowest BCUT2D eigenvalue weighted by Crippen LogP contribution is -2.37. The van der Waals surface area contributed by atoms with Crippen molar-refractivity contribution in [2.45, 2.75) is 18.6 Å². The van der Waals surface area contributed by atoms with Crippen molar-refractivity contribution in [3.63, 3.8) is 0 Å². The Bertz CT molecular complexity index is 983. The van der Waals surface area contributed by atoms with Gasteiger partial charge in [-0.05, 0) is 18.6 Å². The summed E-state index contributed by atoms with van der Waals surface area (Å²) in [6, 6.07) is 11.8. The molecule has 0 radical (unpaired) electrons. The number of likely N-dealkylation sites (N-methyl/N-ethyl adjacent to an activating group) is 2. The summed E-state index contributed by atoms with van der Waals surface area (Å²) in [4.78, 5) is 25.3. The van der Waals surface area contributed by atoms with E-state index in [4.69, 9.17) is 4.42 Å². The molecule has 0 atom stereocenters. The van der Waals surface area contributed by atoms with Gasteiger partial charge in [0.25, 0.3) is 0 Å². The van der Waals surface area contributed by atoms with Crippen LogP contribution in [0.3, 0.4) is 0 Å². The number of nitrogens with one attached hydrogen (secondary N) is 1. The Balaban J connectivity index is 1.81. The number of rotatable bonds is 8. The molecule has 0 bridgehead atoms. The third-order valence-electron chi connectivity index (χ3n) is 4.41. The summed E-state index contributed by atoms with van der Waals surface area (Å²) in [6.07, 6.45) is 1.62.